The molecular weight excluding hydrogens is 284 g/mol. The molecule has 0 aromatic heterocycles. The summed E-state index contributed by atoms with van der Waals surface area (Å²) in [6.07, 6.45) is 4.52. The average Bonchev–Trinajstić information content (AvgIpc) is 2.98. The van der Waals surface area contributed by atoms with Gasteiger partial charge in [0.25, 0.3) is 0 Å². The van der Waals surface area contributed by atoms with Gasteiger partial charge < -0.3 is 10.2 Å². The van der Waals surface area contributed by atoms with Crippen molar-refractivity contribution in [2.24, 2.45) is 0 Å². The van der Waals surface area contributed by atoms with E-state index in [-0.39, 0.29) is 5.91 Å². The quantitative estimate of drug-likeness (QED) is 0.800. The van der Waals surface area contributed by atoms with Gasteiger partial charge >= 0.3 is 0 Å². The molecule has 2 aliphatic rings. The molecule has 0 bridgehead atoms. The number of fused-ring (bicyclic) bond motifs is 3. The fourth-order valence-corrected chi connectivity index (χ4v) is 3.69. The molecular formula is C20H22N2O. The molecule has 1 saturated heterocycles. The van der Waals surface area contributed by atoms with Gasteiger partial charge in [0, 0.05) is 18.8 Å². The van der Waals surface area contributed by atoms with Crippen molar-refractivity contribution in [3.8, 4) is 11.1 Å². The zero-order valence-corrected chi connectivity index (χ0v) is 13.3. The van der Waals surface area contributed by atoms with E-state index < -0.39 is 0 Å². The highest BCUT2D eigenvalue weighted by Crippen LogP contribution is 2.37. The SMILES string of the molecule is O=C(CNc1ccc2c(c1)Cc1ccccc1-2)N1CCCCC1. The number of benzene rings is 2. The number of nitrogens with one attached hydrogen (secondary N) is 1. The zero-order chi connectivity index (χ0) is 15.6. The number of rotatable bonds is 3. The minimum absolute atomic E-state index is 0.216. The van der Waals surface area contributed by atoms with Crippen LogP contribution in [0.15, 0.2) is 42.5 Å². The van der Waals surface area contributed by atoms with Gasteiger partial charge in [0.1, 0.15) is 0 Å². The third kappa shape index (κ3) is 2.83. The Morgan fingerprint density at radius 1 is 0.957 bits per heavy atom. The Morgan fingerprint density at radius 3 is 2.61 bits per heavy atom. The predicted octanol–water partition coefficient (Wildman–Crippen LogP) is 3.68. The average molecular weight is 306 g/mol. The second-order valence-corrected chi connectivity index (χ2v) is 6.50. The number of carbonyl (C=O) groups is 1. The predicted molar refractivity (Wildman–Crippen MR) is 93.6 cm³/mol. The number of carbonyl (C=O) groups excluding carboxylic acids is 1. The van der Waals surface area contributed by atoms with Crippen molar-refractivity contribution in [2.45, 2.75) is 25.7 Å². The van der Waals surface area contributed by atoms with Crippen LogP contribution in [0.5, 0.6) is 0 Å². The third-order valence-electron chi connectivity index (χ3n) is 4.95. The van der Waals surface area contributed by atoms with E-state index >= 15 is 0 Å². The van der Waals surface area contributed by atoms with Crippen LogP contribution in [0.1, 0.15) is 30.4 Å². The van der Waals surface area contributed by atoms with E-state index in [2.05, 4.69) is 47.8 Å². The smallest absolute Gasteiger partial charge is 0.241 e. The van der Waals surface area contributed by atoms with Gasteiger partial charge in [0.05, 0.1) is 6.54 Å². The minimum atomic E-state index is 0.216. The minimum Gasteiger partial charge on any atom is -0.376 e. The van der Waals surface area contributed by atoms with Crippen molar-refractivity contribution in [3.05, 3.63) is 53.6 Å². The summed E-state index contributed by atoms with van der Waals surface area (Å²) >= 11 is 0. The van der Waals surface area contributed by atoms with Crippen molar-refractivity contribution in [1.29, 1.82) is 0 Å². The summed E-state index contributed by atoms with van der Waals surface area (Å²) in [7, 11) is 0. The second kappa shape index (κ2) is 6.07. The first-order chi connectivity index (χ1) is 11.3. The van der Waals surface area contributed by atoms with E-state index in [1.165, 1.54) is 28.7 Å². The molecule has 23 heavy (non-hydrogen) atoms. The third-order valence-corrected chi connectivity index (χ3v) is 4.95. The van der Waals surface area contributed by atoms with Gasteiger partial charge in [0.15, 0.2) is 0 Å². The number of hydrogen-bond donors (Lipinski definition) is 1. The maximum atomic E-state index is 12.2. The van der Waals surface area contributed by atoms with Crippen LogP contribution in [0.25, 0.3) is 11.1 Å². The van der Waals surface area contributed by atoms with E-state index in [0.717, 1.165) is 38.0 Å². The van der Waals surface area contributed by atoms with E-state index in [0.29, 0.717) is 6.54 Å². The summed E-state index contributed by atoms with van der Waals surface area (Å²) < 4.78 is 0. The zero-order valence-electron chi connectivity index (χ0n) is 13.3. The maximum absolute atomic E-state index is 12.2. The van der Waals surface area contributed by atoms with Crippen molar-refractivity contribution in [2.75, 3.05) is 25.0 Å². The molecule has 0 atom stereocenters. The number of piperidine rings is 1. The normalized spacial score (nSPS) is 15.9. The summed E-state index contributed by atoms with van der Waals surface area (Å²) in [4.78, 5) is 14.2. The molecule has 2 aromatic rings. The molecule has 2 aromatic carbocycles. The first-order valence-electron chi connectivity index (χ1n) is 8.54. The van der Waals surface area contributed by atoms with Crippen molar-refractivity contribution < 1.29 is 4.79 Å². The van der Waals surface area contributed by atoms with Gasteiger partial charge in [0.2, 0.25) is 5.91 Å². The lowest BCUT2D eigenvalue weighted by Crippen LogP contribution is -2.39. The van der Waals surface area contributed by atoms with Crippen LogP contribution in [0, 0.1) is 0 Å². The van der Waals surface area contributed by atoms with Gasteiger partial charge in [-0.25, -0.2) is 0 Å². The Morgan fingerprint density at radius 2 is 1.74 bits per heavy atom. The van der Waals surface area contributed by atoms with Crippen LogP contribution in [0.3, 0.4) is 0 Å². The van der Waals surface area contributed by atoms with E-state index in [1.54, 1.807) is 0 Å². The molecule has 3 nitrogen and oxygen atoms in total. The highest BCUT2D eigenvalue weighted by Gasteiger charge is 2.19. The Bertz CT molecular complexity index is 732. The standard InChI is InChI=1S/C20H22N2O/c23-20(22-10-4-1-5-11-22)14-21-17-8-9-19-16(13-17)12-15-6-2-3-7-18(15)19/h2-3,6-9,13,21H,1,4-5,10-12,14H2. The summed E-state index contributed by atoms with van der Waals surface area (Å²) in [5.41, 5.74) is 6.46. The van der Waals surface area contributed by atoms with Crippen LogP contribution >= 0.6 is 0 Å². The maximum Gasteiger partial charge on any atom is 0.241 e. The fourth-order valence-electron chi connectivity index (χ4n) is 3.69. The molecule has 118 valence electrons. The lowest BCUT2D eigenvalue weighted by molar-refractivity contribution is -0.130. The molecule has 1 fully saturated rings. The Labute approximate surface area is 137 Å². The van der Waals surface area contributed by atoms with Crippen LogP contribution in [-0.2, 0) is 11.2 Å². The lowest BCUT2D eigenvalue weighted by Gasteiger charge is -2.27. The summed E-state index contributed by atoms with van der Waals surface area (Å²) in [5, 5.41) is 3.31. The first-order valence-corrected chi connectivity index (χ1v) is 8.54. The number of amides is 1. The molecule has 0 unspecified atom stereocenters. The van der Waals surface area contributed by atoms with Gasteiger partial charge in [-0.1, -0.05) is 30.3 Å². The molecule has 4 rings (SSSR count). The molecule has 0 radical (unpaired) electrons. The second-order valence-electron chi connectivity index (χ2n) is 6.50. The topological polar surface area (TPSA) is 32.3 Å². The molecule has 1 aliphatic heterocycles. The van der Waals surface area contributed by atoms with Gasteiger partial charge in [-0.3, -0.25) is 4.79 Å². The van der Waals surface area contributed by atoms with E-state index in [9.17, 15) is 4.79 Å². The van der Waals surface area contributed by atoms with E-state index in [4.69, 9.17) is 0 Å². The van der Waals surface area contributed by atoms with Crippen LogP contribution in [0.2, 0.25) is 0 Å². The van der Waals surface area contributed by atoms with Crippen molar-refractivity contribution in [3.63, 3.8) is 0 Å². The lowest BCUT2D eigenvalue weighted by atomic mass is 10.1. The largest absolute Gasteiger partial charge is 0.376 e. The number of anilines is 1. The van der Waals surface area contributed by atoms with Gasteiger partial charge in [-0.15, -0.1) is 0 Å². The monoisotopic (exact) mass is 306 g/mol. The highest BCUT2D eigenvalue weighted by molar-refractivity contribution is 5.82. The Balaban J connectivity index is 1.43. The first kappa shape index (κ1) is 14.3. The fraction of sp³-hybridized carbons (Fsp3) is 0.350. The molecule has 1 aliphatic carbocycles. The van der Waals surface area contributed by atoms with Crippen LogP contribution in [-0.4, -0.2) is 30.4 Å². The number of nitrogens with zero attached hydrogens (tertiary/aromatic N) is 1. The Kier molecular flexibility index (Phi) is 3.78. The molecule has 1 heterocycles. The van der Waals surface area contributed by atoms with Crippen LogP contribution in [0.4, 0.5) is 5.69 Å². The van der Waals surface area contributed by atoms with Crippen molar-refractivity contribution in [1.82, 2.24) is 4.90 Å². The highest BCUT2D eigenvalue weighted by atomic mass is 16.2. The molecule has 3 heteroatoms. The van der Waals surface area contributed by atoms with E-state index in [1.807, 2.05) is 4.90 Å². The van der Waals surface area contributed by atoms with Crippen molar-refractivity contribution >= 4 is 11.6 Å². The molecule has 1 amide bonds. The number of hydrogen-bond acceptors (Lipinski definition) is 2. The summed E-state index contributed by atoms with van der Waals surface area (Å²) in [6.45, 7) is 2.23. The Hall–Kier alpha value is -2.29. The van der Waals surface area contributed by atoms with Crippen LogP contribution < -0.4 is 5.32 Å². The van der Waals surface area contributed by atoms with Gasteiger partial charge in [-0.2, -0.15) is 0 Å². The number of likely N-dealkylation sites (tertiary alicyclic amines) is 1. The molecule has 0 spiro atoms. The van der Waals surface area contributed by atoms with Gasteiger partial charge in [-0.05, 0) is 60.1 Å². The summed E-state index contributed by atoms with van der Waals surface area (Å²) in [6, 6.07) is 15.0. The summed E-state index contributed by atoms with van der Waals surface area (Å²) in [5.74, 6) is 0.216. The molecule has 1 N–H and O–H groups in total. The molecule has 0 saturated carbocycles.